The van der Waals surface area contributed by atoms with Crippen LogP contribution >= 0.6 is 0 Å². The largest absolute Gasteiger partial charge is 0.451 e. The third-order valence-electron chi connectivity index (χ3n) is 4.62. The van der Waals surface area contributed by atoms with Gasteiger partial charge in [0.25, 0.3) is 5.91 Å². The minimum Gasteiger partial charge on any atom is -0.451 e. The van der Waals surface area contributed by atoms with Crippen molar-refractivity contribution in [2.24, 2.45) is 0 Å². The number of fused-ring (bicyclic) bond motifs is 1. The Kier molecular flexibility index (Phi) is 4.45. The summed E-state index contributed by atoms with van der Waals surface area (Å²) in [5.41, 5.74) is 0.626. The predicted molar refractivity (Wildman–Crippen MR) is 97.3 cm³/mol. The van der Waals surface area contributed by atoms with Gasteiger partial charge in [-0.2, -0.15) is 4.31 Å². The van der Waals surface area contributed by atoms with Gasteiger partial charge in [0.15, 0.2) is 5.76 Å². The Morgan fingerprint density at radius 2 is 1.63 bits per heavy atom. The summed E-state index contributed by atoms with van der Waals surface area (Å²) in [5.74, 6) is -0.839. The van der Waals surface area contributed by atoms with Crippen LogP contribution in [0.5, 0.6) is 0 Å². The van der Waals surface area contributed by atoms with Crippen molar-refractivity contribution in [1.82, 2.24) is 9.21 Å². The minimum absolute atomic E-state index is 0.0998. The molecule has 6 nitrogen and oxygen atoms in total. The van der Waals surface area contributed by atoms with Crippen molar-refractivity contribution >= 4 is 26.9 Å². The molecule has 2 heterocycles. The maximum atomic E-state index is 13.9. The van der Waals surface area contributed by atoms with Crippen molar-refractivity contribution < 1.29 is 22.0 Å². The molecule has 0 unspecified atom stereocenters. The summed E-state index contributed by atoms with van der Waals surface area (Å²) < 4.78 is 45.9. The molecule has 1 aliphatic heterocycles. The lowest BCUT2D eigenvalue weighted by Crippen LogP contribution is -2.50. The van der Waals surface area contributed by atoms with Crippen LogP contribution in [0.4, 0.5) is 4.39 Å². The molecule has 0 N–H and O–H groups in total. The zero-order valence-electron chi connectivity index (χ0n) is 14.3. The van der Waals surface area contributed by atoms with Gasteiger partial charge in [-0.1, -0.05) is 30.3 Å². The molecular formula is C19H17FN2O4S. The van der Waals surface area contributed by atoms with Gasteiger partial charge >= 0.3 is 0 Å². The monoisotopic (exact) mass is 388 g/mol. The number of rotatable bonds is 3. The molecule has 1 amide bonds. The fourth-order valence-corrected chi connectivity index (χ4v) is 4.65. The molecule has 1 aliphatic rings. The summed E-state index contributed by atoms with van der Waals surface area (Å²) in [6.45, 7) is 0.623. The summed E-state index contributed by atoms with van der Waals surface area (Å²) in [6.07, 6.45) is 0. The fraction of sp³-hybridized carbons (Fsp3) is 0.211. The van der Waals surface area contributed by atoms with Crippen LogP contribution in [0.3, 0.4) is 0 Å². The number of amides is 1. The van der Waals surface area contributed by atoms with Crippen molar-refractivity contribution in [2.75, 3.05) is 26.2 Å². The summed E-state index contributed by atoms with van der Waals surface area (Å²) >= 11 is 0. The minimum atomic E-state index is -3.93. The maximum absolute atomic E-state index is 13.9. The van der Waals surface area contributed by atoms with Gasteiger partial charge in [-0.05, 0) is 24.3 Å². The Balaban J connectivity index is 1.48. The molecule has 2 aromatic carbocycles. The third kappa shape index (κ3) is 3.22. The van der Waals surface area contributed by atoms with Crippen LogP contribution in [-0.4, -0.2) is 49.7 Å². The molecule has 4 rings (SSSR count). The van der Waals surface area contributed by atoms with Crippen LogP contribution < -0.4 is 0 Å². The molecule has 140 valence electrons. The van der Waals surface area contributed by atoms with Gasteiger partial charge in [0, 0.05) is 31.6 Å². The van der Waals surface area contributed by atoms with Crippen molar-refractivity contribution in [1.29, 1.82) is 0 Å². The number of hydrogen-bond acceptors (Lipinski definition) is 4. The van der Waals surface area contributed by atoms with Gasteiger partial charge in [0.05, 0.1) is 0 Å². The van der Waals surface area contributed by atoms with E-state index in [0.29, 0.717) is 5.58 Å². The molecule has 1 saturated heterocycles. The molecule has 0 atom stereocenters. The van der Waals surface area contributed by atoms with E-state index in [1.165, 1.54) is 22.5 Å². The van der Waals surface area contributed by atoms with E-state index in [1.54, 1.807) is 17.0 Å². The number of nitrogens with zero attached hydrogens (tertiary/aromatic N) is 2. The molecule has 0 bridgehead atoms. The van der Waals surface area contributed by atoms with Crippen LogP contribution in [-0.2, 0) is 10.0 Å². The molecule has 0 aliphatic carbocycles. The van der Waals surface area contributed by atoms with Crippen molar-refractivity contribution in [2.45, 2.75) is 4.90 Å². The quantitative estimate of drug-likeness (QED) is 0.692. The van der Waals surface area contributed by atoms with Crippen LogP contribution in [0.15, 0.2) is 63.9 Å². The standard InChI is InChI=1S/C19H17FN2O4S/c20-15-6-2-4-8-18(15)27(24,25)22-11-9-21(10-12-22)19(23)17-13-14-5-1-3-7-16(14)26-17/h1-8,13H,9-12H2. The second-order valence-corrected chi connectivity index (χ2v) is 8.18. The van der Waals surface area contributed by atoms with E-state index in [4.69, 9.17) is 4.42 Å². The van der Waals surface area contributed by atoms with E-state index in [1.807, 2.05) is 18.2 Å². The number of furan rings is 1. The summed E-state index contributed by atoms with van der Waals surface area (Å²) in [6, 6.07) is 14.3. The van der Waals surface area contributed by atoms with E-state index < -0.39 is 15.8 Å². The summed E-state index contributed by atoms with van der Waals surface area (Å²) in [7, 11) is -3.93. The number of carbonyl (C=O) groups excluding carboxylic acids is 1. The zero-order chi connectivity index (χ0) is 19.0. The molecule has 0 saturated carbocycles. The number of benzene rings is 2. The van der Waals surface area contributed by atoms with Gasteiger partial charge in [-0.15, -0.1) is 0 Å². The highest BCUT2D eigenvalue weighted by Gasteiger charge is 2.32. The molecule has 0 spiro atoms. The third-order valence-corrected chi connectivity index (χ3v) is 6.55. The van der Waals surface area contributed by atoms with Gasteiger partial charge in [-0.3, -0.25) is 4.79 Å². The summed E-state index contributed by atoms with van der Waals surface area (Å²) in [5, 5.41) is 0.835. The average Bonchev–Trinajstić information content (AvgIpc) is 3.12. The number of hydrogen-bond donors (Lipinski definition) is 0. The molecular weight excluding hydrogens is 371 g/mol. The number of carbonyl (C=O) groups is 1. The van der Waals surface area contributed by atoms with Gasteiger partial charge < -0.3 is 9.32 Å². The number of halogens is 1. The Bertz CT molecular complexity index is 1070. The molecule has 8 heteroatoms. The first-order valence-corrected chi connectivity index (χ1v) is 9.93. The number of para-hydroxylation sites is 1. The van der Waals surface area contributed by atoms with E-state index in [-0.39, 0.29) is 42.7 Å². The zero-order valence-corrected chi connectivity index (χ0v) is 15.2. The van der Waals surface area contributed by atoms with Gasteiger partial charge in [0.1, 0.15) is 16.3 Å². The van der Waals surface area contributed by atoms with Gasteiger partial charge in [-0.25, -0.2) is 12.8 Å². The topological polar surface area (TPSA) is 70.8 Å². The normalized spacial score (nSPS) is 16.0. The molecule has 0 radical (unpaired) electrons. The van der Waals surface area contributed by atoms with Gasteiger partial charge in [0.2, 0.25) is 10.0 Å². The SMILES string of the molecule is O=C(c1cc2ccccc2o1)N1CCN(S(=O)(=O)c2ccccc2F)CC1. The number of piperazine rings is 1. The summed E-state index contributed by atoms with van der Waals surface area (Å²) in [4.78, 5) is 13.9. The van der Waals surface area contributed by atoms with E-state index in [9.17, 15) is 17.6 Å². The lowest BCUT2D eigenvalue weighted by Gasteiger charge is -2.33. The lowest BCUT2D eigenvalue weighted by atomic mass is 10.2. The van der Waals surface area contributed by atoms with E-state index in [2.05, 4.69) is 0 Å². The van der Waals surface area contributed by atoms with E-state index >= 15 is 0 Å². The second-order valence-electron chi connectivity index (χ2n) is 6.28. The van der Waals surface area contributed by atoms with Crippen LogP contribution in [0.1, 0.15) is 10.6 Å². The predicted octanol–water partition coefficient (Wildman–Crippen LogP) is 2.72. The van der Waals surface area contributed by atoms with Crippen molar-refractivity contribution in [3.05, 3.63) is 66.2 Å². The lowest BCUT2D eigenvalue weighted by molar-refractivity contribution is 0.0668. The highest BCUT2D eigenvalue weighted by Crippen LogP contribution is 2.23. The Morgan fingerprint density at radius 3 is 2.33 bits per heavy atom. The van der Waals surface area contributed by atoms with Crippen LogP contribution in [0.25, 0.3) is 11.0 Å². The van der Waals surface area contributed by atoms with Crippen LogP contribution in [0, 0.1) is 5.82 Å². The second kappa shape index (κ2) is 6.79. The van der Waals surface area contributed by atoms with Crippen molar-refractivity contribution in [3.8, 4) is 0 Å². The maximum Gasteiger partial charge on any atom is 0.289 e. The molecule has 27 heavy (non-hydrogen) atoms. The number of sulfonamides is 1. The molecule has 1 aromatic heterocycles. The Hall–Kier alpha value is -2.71. The highest BCUT2D eigenvalue weighted by molar-refractivity contribution is 7.89. The fourth-order valence-electron chi connectivity index (χ4n) is 3.17. The first-order valence-electron chi connectivity index (χ1n) is 8.49. The molecule has 1 fully saturated rings. The Morgan fingerprint density at radius 1 is 0.963 bits per heavy atom. The van der Waals surface area contributed by atoms with E-state index in [0.717, 1.165) is 11.5 Å². The average molecular weight is 388 g/mol. The van der Waals surface area contributed by atoms with Crippen LogP contribution in [0.2, 0.25) is 0 Å². The first-order chi connectivity index (χ1) is 13.0. The highest BCUT2D eigenvalue weighted by atomic mass is 32.2. The molecule has 3 aromatic rings. The smallest absolute Gasteiger partial charge is 0.289 e. The Labute approximate surface area is 155 Å². The first kappa shape index (κ1) is 17.7. The van der Waals surface area contributed by atoms with Crippen molar-refractivity contribution in [3.63, 3.8) is 0 Å².